The van der Waals surface area contributed by atoms with Crippen LogP contribution in [0.1, 0.15) is 24.0 Å². The van der Waals surface area contributed by atoms with Crippen molar-refractivity contribution < 1.29 is 0 Å². The van der Waals surface area contributed by atoms with Crippen molar-refractivity contribution in [1.82, 2.24) is 10.2 Å². The van der Waals surface area contributed by atoms with E-state index in [0.29, 0.717) is 6.04 Å². The van der Waals surface area contributed by atoms with Crippen molar-refractivity contribution in [3.05, 3.63) is 71.8 Å². The van der Waals surface area contributed by atoms with Gasteiger partial charge >= 0.3 is 0 Å². The second-order valence-corrected chi connectivity index (χ2v) is 5.88. The summed E-state index contributed by atoms with van der Waals surface area (Å²) in [6.07, 6.45) is 2.58. The quantitative estimate of drug-likeness (QED) is 0.863. The fourth-order valence-electron chi connectivity index (χ4n) is 3.10. The van der Waals surface area contributed by atoms with Gasteiger partial charge in [0.1, 0.15) is 0 Å². The molecule has 0 unspecified atom stereocenters. The van der Waals surface area contributed by atoms with Crippen LogP contribution in [-0.4, -0.2) is 24.0 Å². The lowest BCUT2D eigenvalue weighted by Gasteiger charge is -2.35. The smallest absolute Gasteiger partial charge is 0.0240 e. The Balaban J connectivity index is 0.00000132. The Bertz CT molecular complexity index is 486. The first-order valence-electron chi connectivity index (χ1n) is 7.94. The molecule has 2 aromatic rings. The van der Waals surface area contributed by atoms with Crippen LogP contribution in [-0.2, 0) is 13.1 Å². The summed E-state index contributed by atoms with van der Waals surface area (Å²) >= 11 is 0. The molecule has 0 aliphatic carbocycles. The number of halogens is 2. The SMILES string of the molecule is Cl.Cl.c1ccc(CN(Cc2ccccc2)[C@@H]2CCCNC2)cc1. The van der Waals surface area contributed by atoms with Gasteiger partial charge in [-0.1, -0.05) is 60.7 Å². The molecule has 1 heterocycles. The van der Waals surface area contributed by atoms with Crippen molar-refractivity contribution in [1.29, 1.82) is 0 Å². The fraction of sp³-hybridized carbons (Fsp3) is 0.368. The van der Waals surface area contributed by atoms with Crippen LogP contribution in [0.5, 0.6) is 0 Å². The van der Waals surface area contributed by atoms with Crippen molar-refractivity contribution in [2.45, 2.75) is 32.0 Å². The molecule has 1 N–H and O–H groups in total. The Kier molecular flexibility index (Phi) is 9.27. The minimum absolute atomic E-state index is 0. The Morgan fingerprint density at radius 3 is 1.78 bits per heavy atom. The molecule has 0 saturated carbocycles. The molecule has 126 valence electrons. The summed E-state index contributed by atoms with van der Waals surface area (Å²) in [6, 6.07) is 22.3. The molecule has 3 rings (SSSR count). The Labute approximate surface area is 152 Å². The van der Waals surface area contributed by atoms with E-state index in [1.165, 1.54) is 30.5 Å². The van der Waals surface area contributed by atoms with Crippen LogP contribution in [0.4, 0.5) is 0 Å². The van der Waals surface area contributed by atoms with E-state index in [0.717, 1.165) is 19.6 Å². The zero-order valence-corrected chi connectivity index (χ0v) is 15.0. The number of nitrogens with one attached hydrogen (secondary N) is 1. The topological polar surface area (TPSA) is 15.3 Å². The molecule has 0 radical (unpaired) electrons. The molecule has 0 amide bonds. The third-order valence-electron chi connectivity index (χ3n) is 4.24. The van der Waals surface area contributed by atoms with Gasteiger partial charge in [-0.05, 0) is 30.5 Å². The molecule has 0 spiro atoms. The summed E-state index contributed by atoms with van der Waals surface area (Å²) in [7, 11) is 0. The molecule has 1 saturated heterocycles. The molecular formula is C19H26Cl2N2. The lowest BCUT2D eigenvalue weighted by Crippen LogP contribution is -2.45. The highest BCUT2D eigenvalue weighted by molar-refractivity contribution is 5.85. The van der Waals surface area contributed by atoms with E-state index in [9.17, 15) is 0 Å². The highest BCUT2D eigenvalue weighted by Crippen LogP contribution is 2.17. The highest BCUT2D eigenvalue weighted by atomic mass is 35.5. The lowest BCUT2D eigenvalue weighted by atomic mass is 10.0. The van der Waals surface area contributed by atoms with E-state index in [1.807, 2.05) is 0 Å². The second-order valence-electron chi connectivity index (χ2n) is 5.88. The predicted octanol–water partition coefficient (Wildman–Crippen LogP) is 4.28. The van der Waals surface area contributed by atoms with Gasteiger partial charge in [-0.15, -0.1) is 24.8 Å². The molecule has 2 nitrogen and oxygen atoms in total. The number of benzene rings is 2. The number of rotatable bonds is 5. The standard InChI is InChI=1S/C19H24N2.2ClH/c1-3-8-17(9-4-1)15-21(19-12-7-13-20-14-19)16-18-10-5-2-6-11-18;;/h1-6,8-11,19-20H,7,12-16H2;2*1H/t19-;;/m1../s1. The Hall–Kier alpha value is -1.06. The van der Waals surface area contributed by atoms with Gasteiger partial charge in [-0.2, -0.15) is 0 Å². The average molecular weight is 353 g/mol. The molecule has 1 aliphatic heterocycles. The van der Waals surface area contributed by atoms with Crippen LogP contribution in [0.2, 0.25) is 0 Å². The molecule has 2 aromatic carbocycles. The monoisotopic (exact) mass is 352 g/mol. The molecule has 4 heteroatoms. The lowest BCUT2D eigenvalue weighted by molar-refractivity contribution is 0.149. The average Bonchev–Trinajstić information content (AvgIpc) is 2.57. The van der Waals surface area contributed by atoms with E-state index in [4.69, 9.17) is 0 Å². The van der Waals surface area contributed by atoms with Gasteiger partial charge in [0.2, 0.25) is 0 Å². The van der Waals surface area contributed by atoms with E-state index in [-0.39, 0.29) is 24.8 Å². The summed E-state index contributed by atoms with van der Waals surface area (Å²) in [5.41, 5.74) is 2.80. The van der Waals surface area contributed by atoms with E-state index >= 15 is 0 Å². The van der Waals surface area contributed by atoms with Crippen LogP contribution in [0, 0.1) is 0 Å². The van der Waals surface area contributed by atoms with Gasteiger partial charge in [0.25, 0.3) is 0 Å². The molecule has 1 atom stereocenters. The van der Waals surface area contributed by atoms with Crippen molar-refractivity contribution in [2.75, 3.05) is 13.1 Å². The summed E-state index contributed by atoms with van der Waals surface area (Å²) < 4.78 is 0. The second kappa shape index (κ2) is 10.7. The number of nitrogens with zero attached hydrogens (tertiary/aromatic N) is 1. The zero-order valence-electron chi connectivity index (χ0n) is 13.4. The maximum absolute atomic E-state index is 3.55. The minimum atomic E-state index is 0. The molecular weight excluding hydrogens is 327 g/mol. The van der Waals surface area contributed by atoms with Crippen LogP contribution in [0.15, 0.2) is 60.7 Å². The van der Waals surface area contributed by atoms with Gasteiger partial charge in [-0.3, -0.25) is 4.90 Å². The Morgan fingerprint density at radius 1 is 0.826 bits per heavy atom. The van der Waals surface area contributed by atoms with E-state index < -0.39 is 0 Å². The van der Waals surface area contributed by atoms with Crippen molar-refractivity contribution in [2.24, 2.45) is 0 Å². The maximum atomic E-state index is 3.55. The normalized spacial score (nSPS) is 17.2. The summed E-state index contributed by atoms with van der Waals surface area (Å²) in [4.78, 5) is 2.62. The largest absolute Gasteiger partial charge is 0.315 e. The van der Waals surface area contributed by atoms with Crippen LogP contribution in [0.25, 0.3) is 0 Å². The third-order valence-corrected chi connectivity index (χ3v) is 4.24. The van der Waals surface area contributed by atoms with E-state index in [1.54, 1.807) is 0 Å². The summed E-state index contributed by atoms with van der Waals surface area (Å²) in [6.45, 7) is 4.34. The van der Waals surface area contributed by atoms with Crippen LogP contribution < -0.4 is 5.32 Å². The van der Waals surface area contributed by atoms with Gasteiger partial charge < -0.3 is 5.32 Å². The Morgan fingerprint density at radius 2 is 1.35 bits per heavy atom. The number of hydrogen-bond donors (Lipinski definition) is 1. The van der Waals surface area contributed by atoms with Crippen LogP contribution >= 0.6 is 24.8 Å². The van der Waals surface area contributed by atoms with Gasteiger partial charge in [0.15, 0.2) is 0 Å². The summed E-state index contributed by atoms with van der Waals surface area (Å²) in [5.74, 6) is 0. The van der Waals surface area contributed by atoms with Crippen LogP contribution in [0.3, 0.4) is 0 Å². The van der Waals surface area contributed by atoms with Gasteiger partial charge in [-0.25, -0.2) is 0 Å². The minimum Gasteiger partial charge on any atom is -0.315 e. The third kappa shape index (κ3) is 6.15. The first kappa shape index (κ1) is 20.0. The molecule has 0 aromatic heterocycles. The summed E-state index contributed by atoms with van der Waals surface area (Å²) in [5, 5.41) is 3.55. The fourth-order valence-corrected chi connectivity index (χ4v) is 3.10. The highest BCUT2D eigenvalue weighted by Gasteiger charge is 2.21. The number of piperidine rings is 1. The zero-order chi connectivity index (χ0) is 14.3. The first-order chi connectivity index (χ1) is 10.4. The predicted molar refractivity (Wildman–Crippen MR) is 103 cm³/mol. The van der Waals surface area contributed by atoms with Crippen molar-refractivity contribution in [3.8, 4) is 0 Å². The molecule has 23 heavy (non-hydrogen) atoms. The first-order valence-corrected chi connectivity index (χ1v) is 7.94. The van der Waals surface area contributed by atoms with Crippen molar-refractivity contribution in [3.63, 3.8) is 0 Å². The molecule has 1 aliphatic rings. The molecule has 1 fully saturated rings. The van der Waals surface area contributed by atoms with E-state index in [2.05, 4.69) is 70.9 Å². The maximum Gasteiger partial charge on any atom is 0.0240 e. The van der Waals surface area contributed by atoms with Gasteiger partial charge in [0.05, 0.1) is 0 Å². The van der Waals surface area contributed by atoms with Crippen molar-refractivity contribution >= 4 is 24.8 Å². The molecule has 0 bridgehead atoms. The number of hydrogen-bond acceptors (Lipinski definition) is 2. The van der Waals surface area contributed by atoms with Gasteiger partial charge in [0, 0.05) is 25.7 Å².